The van der Waals surface area contributed by atoms with Crippen LogP contribution in [0.5, 0.6) is 0 Å². The Hall–Kier alpha value is -0.870. The molecule has 3 nitrogen and oxygen atoms in total. The molecule has 1 aliphatic rings. The van der Waals surface area contributed by atoms with Crippen LogP contribution in [0.1, 0.15) is 35.7 Å². The molecule has 0 aromatic heterocycles. The molecule has 2 rings (SSSR count). The fourth-order valence-corrected chi connectivity index (χ4v) is 2.91. The standard InChI is InChI=1S/C16H22BrNO2/c1-11-5-4-6-14(15(11)17)16(19)18(9-10-20-3)12(2)13-7-8-13/h4-6,12-13H,7-10H2,1-3H3. The highest BCUT2D eigenvalue weighted by molar-refractivity contribution is 9.10. The minimum atomic E-state index is 0.0945. The summed E-state index contributed by atoms with van der Waals surface area (Å²) in [5, 5.41) is 0. The summed E-state index contributed by atoms with van der Waals surface area (Å²) < 4.78 is 6.06. The normalized spacial score (nSPS) is 16.0. The molecule has 4 heteroatoms. The van der Waals surface area contributed by atoms with Gasteiger partial charge in [-0.25, -0.2) is 0 Å². The second-order valence-corrected chi connectivity index (χ2v) is 6.30. The van der Waals surface area contributed by atoms with E-state index in [2.05, 4.69) is 22.9 Å². The third-order valence-electron chi connectivity index (χ3n) is 4.02. The fourth-order valence-electron chi connectivity index (χ4n) is 2.48. The van der Waals surface area contributed by atoms with Crippen molar-refractivity contribution >= 4 is 21.8 Å². The van der Waals surface area contributed by atoms with E-state index in [1.54, 1.807) is 7.11 Å². The number of nitrogens with zero attached hydrogens (tertiary/aromatic N) is 1. The first-order valence-electron chi connectivity index (χ1n) is 7.11. The molecule has 1 amide bonds. The number of hydrogen-bond acceptors (Lipinski definition) is 2. The van der Waals surface area contributed by atoms with Crippen molar-refractivity contribution in [3.63, 3.8) is 0 Å². The lowest BCUT2D eigenvalue weighted by molar-refractivity contribution is 0.0593. The highest BCUT2D eigenvalue weighted by Crippen LogP contribution is 2.36. The summed E-state index contributed by atoms with van der Waals surface area (Å²) >= 11 is 3.54. The lowest BCUT2D eigenvalue weighted by Gasteiger charge is -2.30. The number of amides is 1. The van der Waals surface area contributed by atoms with E-state index >= 15 is 0 Å². The highest BCUT2D eigenvalue weighted by atomic mass is 79.9. The van der Waals surface area contributed by atoms with Crippen molar-refractivity contribution in [3.8, 4) is 0 Å². The number of methoxy groups -OCH3 is 1. The Balaban J connectivity index is 2.22. The van der Waals surface area contributed by atoms with Crippen molar-refractivity contribution in [3.05, 3.63) is 33.8 Å². The number of carbonyl (C=O) groups is 1. The van der Waals surface area contributed by atoms with Crippen molar-refractivity contribution in [2.45, 2.75) is 32.7 Å². The Labute approximate surface area is 129 Å². The van der Waals surface area contributed by atoms with Crippen LogP contribution in [0.15, 0.2) is 22.7 Å². The molecular formula is C16H22BrNO2. The van der Waals surface area contributed by atoms with E-state index in [0.717, 1.165) is 15.6 Å². The first-order valence-corrected chi connectivity index (χ1v) is 7.90. The Morgan fingerprint density at radius 3 is 2.80 bits per heavy atom. The van der Waals surface area contributed by atoms with Gasteiger partial charge in [-0.05, 0) is 60.2 Å². The molecule has 1 aromatic carbocycles. The summed E-state index contributed by atoms with van der Waals surface area (Å²) in [6.07, 6.45) is 2.46. The molecule has 1 aliphatic carbocycles. The van der Waals surface area contributed by atoms with Gasteiger partial charge in [0.1, 0.15) is 0 Å². The van der Waals surface area contributed by atoms with Gasteiger partial charge in [0, 0.05) is 24.2 Å². The van der Waals surface area contributed by atoms with Gasteiger partial charge in [0.15, 0.2) is 0 Å². The van der Waals surface area contributed by atoms with E-state index in [9.17, 15) is 4.79 Å². The van der Waals surface area contributed by atoms with Gasteiger partial charge in [-0.1, -0.05) is 12.1 Å². The van der Waals surface area contributed by atoms with Crippen molar-refractivity contribution in [1.29, 1.82) is 0 Å². The van der Waals surface area contributed by atoms with Gasteiger partial charge in [0.05, 0.1) is 12.2 Å². The Morgan fingerprint density at radius 2 is 2.20 bits per heavy atom. The first-order chi connectivity index (χ1) is 9.56. The van der Waals surface area contributed by atoms with Crippen LogP contribution in [0.4, 0.5) is 0 Å². The monoisotopic (exact) mass is 339 g/mol. The molecule has 0 radical (unpaired) electrons. The second kappa shape index (κ2) is 6.72. The summed E-state index contributed by atoms with van der Waals surface area (Å²) in [7, 11) is 1.67. The smallest absolute Gasteiger partial charge is 0.255 e. The summed E-state index contributed by atoms with van der Waals surface area (Å²) in [6, 6.07) is 6.11. The predicted molar refractivity (Wildman–Crippen MR) is 84.0 cm³/mol. The van der Waals surface area contributed by atoms with E-state index in [1.165, 1.54) is 12.8 Å². The van der Waals surface area contributed by atoms with Crippen molar-refractivity contribution in [2.75, 3.05) is 20.3 Å². The van der Waals surface area contributed by atoms with Gasteiger partial charge < -0.3 is 9.64 Å². The molecular weight excluding hydrogens is 318 g/mol. The molecule has 0 bridgehead atoms. The number of benzene rings is 1. The lowest BCUT2D eigenvalue weighted by atomic mass is 10.1. The quantitative estimate of drug-likeness (QED) is 0.791. The predicted octanol–water partition coefficient (Wildman–Crippen LogP) is 3.64. The third kappa shape index (κ3) is 3.41. The van der Waals surface area contributed by atoms with E-state index < -0.39 is 0 Å². The van der Waals surface area contributed by atoms with Crippen LogP contribution in [-0.4, -0.2) is 37.1 Å². The Bertz CT molecular complexity index is 485. The maximum atomic E-state index is 12.8. The summed E-state index contributed by atoms with van der Waals surface area (Å²) in [6.45, 7) is 5.37. The largest absolute Gasteiger partial charge is 0.383 e. The summed E-state index contributed by atoms with van der Waals surface area (Å²) in [5.41, 5.74) is 1.83. The highest BCUT2D eigenvalue weighted by Gasteiger charge is 2.34. The van der Waals surface area contributed by atoms with Crippen molar-refractivity contribution in [2.24, 2.45) is 5.92 Å². The first kappa shape index (κ1) is 15.5. The minimum Gasteiger partial charge on any atom is -0.383 e. The van der Waals surface area contributed by atoms with Crippen LogP contribution < -0.4 is 0 Å². The maximum Gasteiger partial charge on any atom is 0.255 e. The van der Waals surface area contributed by atoms with Crippen LogP contribution in [0, 0.1) is 12.8 Å². The van der Waals surface area contributed by atoms with Gasteiger partial charge in [-0.2, -0.15) is 0 Å². The molecule has 1 atom stereocenters. The second-order valence-electron chi connectivity index (χ2n) is 5.51. The van der Waals surface area contributed by atoms with Crippen LogP contribution in [0.25, 0.3) is 0 Å². The van der Waals surface area contributed by atoms with E-state index in [-0.39, 0.29) is 11.9 Å². The van der Waals surface area contributed by atoms with Crippen LogP contribution in [0.2, 0.25) is 0 Å². The topological polar surface area (TPSA) is 29.5 Å². The molecule has 0 heterocycles. The maximum absolute atomic E-state index is 12.8. The third-order valence-corrected chi connectivity index (χ3v) is 5.07. The van der Waals surface area contributed by atoms with Gasteiger partial charge in [-0.15, -0.1) is 0 Å². The van der Waals surface area contributed by atoms with Crippen LogP contribution in [-0.2, 0) is 4.74 Å². The molecule has 110 valence electrons. The number of carbonyl (C=O) groups excluding carboxylic acids is 1. The number of halogens is 1. The van der Waals surface area contributed by atoms with Gasteiger partial charge >= 0.3 is 0 Å². The zero-order valence-electron chi connectivity index (χ0n) is 12.4. The summed E-state index contributed by atoms with van der Waals surface area (Å²) in [4.78, 5) is 14.8. The number of ether oxygens (including phenoxy) is 1. The van der Waals surface area contributed by atoms with Crippen LogP contribution in [0.3, 0.4) is 0 Å². The van der Waals surface area contributed by atoms with Gasteiger partial charge in [0.25, 0.3) is 5.91 Å². The number of aryl methyl sites for hydroxylation is 1. The molecule has 1 aromatic rings. The molecule has 0 N–H and O–H groups in total. The number of rotatable bonds is 6. The molecule has 0 saturated heterocycles. The minimum absolute atomic E-state index is 0.0945. The van der Waals surface area contributed by atoms with Gasteiger partial charge in [0.2, 0.25) is 0 Å². The van der Waals surface area contributed by atoms with Gasteiger partial charge in [-0.3, -0.25) is 4.79 Å². The number of hydrogen-bond donors (Lipinski definition) is 0. The fraction of sp³-hybridized carbons (Fsp3) is 0.562. The molecule has 1 unspecified atom stereocenters. The SMILES string of the molecule is COCCN(C(=O)c1cccc(C)c1Br)C(C)C1CC1. The van der Waals surface area contributed by atoms with E-state index in [0.29, 0.717) is 19.1 Å². The van der Waals surface area contributed by atoms with Crippen LogP contribution >= 0.6 is 15.9 Å². The average molecular weight is 340 g/mol. The van der Waals surface area contributed by atoms with Crippen molar-refractivity contribution < 1.29 is 9.53 Å². The average Bonchev–Trinajstić information content (AvgIpc) is 3.26. The zero-order chi connectivity index (χ0) is 14.7. The van der Waals surface area contributed by atoms with E-state index in [4.69, 9.17) is 4.74 Å². The Kier molecular flexibility index (Phi) is 5.22. The van der Waals surface area contributed by atoms with Crippen molar-refractivity contribution in [1.82, 2.24) is 4.90 Å². The Morgan fingerprint density at radius 1 is 1.50 bits per heavy atom. The zero-order valence-corrected chi connectivity index (χ0v) is 13.9. The lowest BCUT2D eigenvalue weighted by Crippen LogP contribution is -2.42. The molecule has 20 heavy (non-hydrogen) atoms. The molecule has 0 aliphatic heterocycles. The molecule has 1 fully saturated rings. The van der Waals surface area contributed by atoms with E-state index in [1.807, 2.05) is 30.0 Å². The summed E-state index contributed by atoms with van der Waals surface area (Å²) in [5.74, 6) is 0.747. The molecule has 1 saturated carbocycles. The molecule has 0 spiro atoms.